The summed E-state index contributed by atoms with van der Waals surface area (Å²) in [4.78, 5) is 11.5. The molecule has 0 aliphatic carbocycles. The number of anilines is 1. The summed E-state index contributed by atoms with van der Waals surface area (Å²) in [5.74, 6) is -1.74. The summed E-state index contributed by atoms with van der Waals surface area (Å²) < 4.78 is 19.3. The van der Waals surface area contributed by atoms with Gasteiger partial charge in [0, 0.05) is 4.47 Å². The number of nitrogens with zero attached hydrogens (tertiary/aromatic N) is 2. The van der Waals surface area contributed by atoms with Crippen LogP contribution in [0.2, 0.25) is 0 Å². The summed E-state index contributed by atoms with van der Waals surface area (Å²) in [6, 6.07) is 4.25. The van der Waals surface area contributed by atoms with Crippen LogP contribution in [0.4, 0.5) is 10.1 Å². The van der Waals surface area contributed by atoms with Gasteiger partial charge in [-0.1, -0.05) is 20.6 Å². The lowest BCUT2D eigenvalue weighted by molar-refractivity contribution is -0.750. The molecule has 1 N–H and O–H groups in total. The van der Waals surface area contributed by atoms with Crippen molar-refractivity contribution >= 4 is 27.5 Å². The van der Waals surface area contributed by atoms with Crippen LogP contribution in [0.25, 0.3) is 0 Å². The van der Waals surface area contributed by atoms with Crippen molar-refractivity contribution in [3.63, 3.8) is 0 Å². The van der Waals surface area contributed by atoms with Crippen molar-refractivity contribution in [2.45, 2.75) is 6.54 Å². The predicted molar refractivity (Wildman–Crippen MR) is 58.9 cm³/mol. The lowest BCUT2D eigenvalue weighted by atomic mass is 10.3. The van der Waals surface area contributed by atoms with Gasteiger partial charge in [0.25, 0.3) is 12.5 Å². The third-order valence-electron chi connectivity index (χ3n) is 2.00. The highest BCUT2D eigenvalue weighted by Gasteiger charge is 2.14. The Morgan fingerprint density at radius 1 is 1.61 bits per heavy atom. The van der Waals surface area contributed by atoms with Gasteiger partial charge < -0.3 is 14.9 Å². The monoisotopic (exact) mass is 315 g/mol. The van der Waals surface area contributed by atoms with E-state index in [9.17, 15) is 14.3 Å². The fourth-order valence-electron chi connectivity index (χ4n) is 1.26. The second-order valence-corrected chi connectivity index (χ2v) is 4.31. The van der Waals surface area contributed by atoms with E-state index in [2.05, 4.69) is 31.0 Å². The quantitative estimate of drug-likeness (QED) is 0.840. The Bertz CT molecular complexity index is 587. The molecule has 94 valence electrons. The van der Waals surface area contributed by atoms with Crippen LogP contribution in [-0.4, -0.2) is 11.2 Å². The van der Waals surface area contributed by atoms with Gasteiger partial charge in [0.1, 0.15) is 11.8 Å². The summed E-state index contributed by atoms with van der Waals surface area (Å²) in [5, 5.41) is 16.3. The van der Waals surface area contributed by atoms with Crippen molar-refractivity contribution < 1.29 is 23.5 Å². The first-order valence-electron chi connectivity index (χ1n) is 4.83. The number of amides is 1. The molecule has 1 aromatic heterocycles. The maximum absolute atomic E-state index is 13.4. The van der Waals surface area contributed by atoms with Crippen LogP contribution in [-0.2, 0) is 11.3 Å². The van der Waals surface area contributed by atoms with E-state index in [1.54, 1.807) is 6.07 Å². The fraction of sp³-hybridized carbons (Fsp3) is 0.100. The topological polar surface area (TPSA) is 82.1 Å². The molecule has 0 unspecified atom stereocenters. The van der Waals surface area contributed by atoms with Gasteiger partial charge in [0.05, 0.1) is 11.0 Å². The van der Waals surface area contributed by atoms with Gasteiger partial charge in [-0.25, -0.2) is 4.39 Å². The molecule has 1 aromatic carbocycles. The second-order valence-electron chi connectivity index (χ2n) is 3.39. The van der Waals surface area contributed by atoms with E-state index in [-0.39, 0.29) is 12.2 Å². The van der Waals surface area contributed by atoms with Crippen molar-refractivity contribution in [2.24, 2.45) is 0 Å². The molecule has 2 rings (SSSR count). The van der Waals surface area contributed by atoms with E-state index in [4.69, 9.17) is 0 Å². The van der Waals surface area contributed by atoms with Crippen molar-refractivity contribution in [1.29, 1.82) is 0 Å². The SMILES string of the molecule is O=C(C[n+]1cc([O-])on1)Nc1ccc(Br)cc1F. The number of aromatic nitrogens is 2. The summed E-state index contributed by atoms with van der Waals surface area (Å²) in [6.45, 7) is -0.235. The van der Waals surface area contributed by atoms with Gasteiger partial charge in [0.2, 0.25) is 6.20 Å². The van der Waals surface area contributed by atoms with Gasteiger partial charge >= 0.3 is 0 Å². The maximum Gasteiger partial charge on any atom is 0.293 e. The average Bonchev–Trinajstić information content (AvgIpc) is 2.68. The maximum atomic E-state index is 13.4. The molecule has 0 saturated heterocycles. The highest BCUT2D eigenvalue weighted by atomic mass is 79.9. The van der Waals surface area contributed by atoms with Gasteiger partial charge in [0.15, 0.2) is 0 Å². The Kier molecular flexibility index (Phi) is 3.56. The number of rotatable bonds is 3. The smallest absolute Gasteiger partial charge is 0.293 e. The van der Waals surface area contributed by atoms with Crippen LogP contribution < -0.4 is 15.1 Å². The summed E-state index contributed by atoms with van der Waals surface area (Å²) in [7, 11) is 0. The molecule has 0 spiro atoms. The number of carbonyl (C=O) groups excluding carboxylic acids is 1. The summed E-state index contributed by atoms with van der Waals surface area (Å²) in [5.41, 5.74) is 0.0506. The first-order chi connectivity index (χ1) is 8.54. The molecule has 2 aromatic rings. The third-order valence-corrected chi connectivity index (χ3v) is 2.49. The van der Waals surface area contributed by atoms with Crippen LogP contribution in [0, 0.1) is 5.82 Å². The zero-order chi connectivity index (χ0) is 13.1. The largest absolute Gasteiger partial charge is 0.539 e. The molecular weight excluding hydrogens is 309 g/mol. The van der Waals surface area contributed by atoms with Crippen molar-refractivity contribution in [2.75, 3.05) is 5.32 Å². The first-order valence-corrected chi connectivity index (χ1v) is 5.62. The molecule has 1 amide bonds. The second kappa shape index (κ2) is 5.13. The summed E-state index contributed by atoms with van der Waals surface area (Å²) in [6.07, 6.45) is 1.03. The fourth-order valence-corrected chi connectivity index (χ4v) is 1.60. The predicted octanol–water partition coefficient (Wildman–Crippen LogP) is 0.576. The minimum atomic E-state index is -0.655. The molecule has 0 radical (unpaired) electrons. The lowest BCUT2D eigenvalue weighted by Gasteiger charge is -2.03. The Balaban J connectivity index is 2.03. The highest BCUT2D eigenvalue weighted by Crippen LogP contribution is 2.19. The van der Waals surface area contributed by atoms with Crippen LogP contribution in [0.5, 0.6) is 5.95 Å². The molecule has 8 heteroatoms. The van der Waals surface area contributed by atoms with E-state index >= 15 is 0 Å². The Morgan fingerprint density at radius 2 is 2.39 bits per heavy atom. The third kappa shape index (κ3) is 3.04. The molecule has 1 heterocycles. The number of nitrogens with one attached hydrogen (secondary N) is 1. The highest BCUT2D eigenvalue weighted by molar-refractivity contribution is 9.10. The molecule has 6 nitrogen and oxygen atoms in total. The Morgan fingerprint density at radius 3 is 3.00 bits per heavy atom. The Hall–Kier alpha value is -1.96. The van der Waals surface area contributed by atoms with Crippen LogP contribution in [0.15, 0.2) is 33.4 Å². The van der Waals surface area contributed by atoms with Gasteiger partial charge in [-0.3, -0.25) is 4.79 Å². The van der Waals surface area contributed by atoms with E-state index in [0.29, 0.717) is 4.47 Å². The van der Waals surface area contributed by atoms with Crippen molar-refractivity contribution in [1.82, 2.24) is 5.27 Å². The molecule has 0 fully saturated rings. The zero-order valence-electron chi connectivity index (χ0n) is 8.89. The van der Waals surface area contributed by atoms with E-state index in [1.165, 1.54) is 12.1 Å². The van der Waals surface area contributed by atoms with E-state index < -0.39 is 17.7 Å². The number of halogens is 2. The van der Waals surface area contributed by atoms with Crippen LogP contribution in [0.3, 0.4) is 0 Å². The van der Waals surface area contributed by atoms with E-state index in [1.807, 2.05) is 0 Å². The van der Waals surface area contributed by atoms with Gasteiger partial charge in [-0.2, -0.15) is 0 Å². The first kappa shape index (κ1) is 12.5. The molecular formula is C10H7BrFN3O3. The van der Waals surface area contributed by atoms with E-state index in [0.717, 1.165) is 10.9 Å². The zero-order valence-corrected chi connectivity index (χ0v) is 10.5. The number of hydrogen-bond donors (Lipinski definition) is 1. The molecule has 0 bridgehead atoms. The molecule has 0 aliphatic heterocycles. The van der Waals surface area contributed by atoms with Crippen LogP contribution in [0.1, 0.15) is 0 Å². The lowest BCUT2D eigenvalue weighted by Crippen LogP contribution is -2.41. The average molecular weight is 316 g/mol. The molecule has 18 heavy (non-hydrogen) atoms. The number of benzene rings is 1. The van der Waals surface area contributed by atoms with Crippen molar-refractivity contribution in [3.8, 4) is 5.95 Å². The molecule has 0 atom stereocenters. The van der Waals surface area contributed by atoms with Gasteiger partial charge in [-0.15, -0.1) is 0 Å². The standard InChI is InChI=1S/C10H7BrFN3O3/c11-6-1-2-8(7(12)3-6)13-9(16)4-15-5-10(17)18-14-15/h1-3,5H,4H2,(H-,13,14,16,17). The number of carbonyl (C=O) groups is 1. The summed E-state index contributed by atoms with van der Waals surface area (Å²) >= 11 is 3.11. The molecule has 0 aliphatic rings. The number of hydrogen-bond acceptors (Lipinski definition) is 4. The minimum absolute atomic E-state index is 0.0506. The van der Waals surface area contributed by atoms with Crippen LogP contribution >= 0.6 is 15.9 Å². The van der Waals surface area contributed by atoms with Gasteiger partial charge in [-0.05, 0) is 18.2 Å². The normalized spacial score (nSPS) is 10.3. The van der Waals surface area contributed by atoms with Crippen molar-refractivity contribution in [3.05, 3.63) is 34.7 Å². The molecule has 0 saturated carbocycles. The Labute approximate surface area is 109 Å². The minimum Gasteiger partial charge on any atom is -0.539 e.